The van der Waals surface area contributed by atoms with E-state index >= 15 is 0 Å². The van der Waals surface area contributed by atoms with Crippen LogP contribution in [-0.2, 0) is 19.4 Å². The van der Waals surface area contributed by atoms with E-state index in [4.69, 9.17) is 0 Å². The second kappa shape index (κ2) is 12.7. The summed E-state index contributed by atoms with van der Waals surface area (Å²) in [5.74, 6) is 0.737. The van der Waals surface area contributed by atoms with Crippen molar-refractivity contribution in [1.29, 1.82) is 0 Å². The van der Waals surface area contributed by atoms with Gasteiger partial charge in [-0.25, -0.2) is 4.99 Å². The molecule has 0 aliphatic rings. The number of aliphatic imine (C=N–C) groups is 1. The first kappa shape index (κ1) is 22.4. The summed E-state index contributed by atoms with van der Waals surface area (Å²) in [6, 6.07) is 18.4. The molecule has 0 saturated carbocycles. The molecule has 0 spiro atoms. The summed E-state index contributed by atoms with van der Waals surface area (Å²) in [7, 11) is 0. The number of rotatable bonds is 8. The van der Waals surface area contributed by atoms with Crippen LogP contribution in [0.5, 0.6) is 0 Å². The standard InChI is InChI=1S/C21H29N3O.HI/c1-3-18-12-8-9-13-19(18)15-23-21(22-4-2)24-16-20(25)14-17-10-6-5-7-11-17;/h5-13,20,25H,3-4,14-16H2,1-2H3,(H2,22,23,24);1H. The number of aliphatic hydroxyl groups is 1. The summed E-state index contributed by atoms with van der Waals surface area (Å²) in [4.78, 5) is 4.65. The molecule has 0 fully saturated rings. The van der Waals surface area contributed by atoms with Crippen molar-refractivity contribution >= 4 is 29.9 Å². The van der Waals surface area contributed by atoms with Crippen LogP contribution < -0.4 is 10.6 Å². The van der Waals surface area contributed by atoms with Crippen LogP contribution in [0.25, 0.3) is 0 Å². The highest BCUT2D eigenvalue weighted by Gasteiger charge is 2.07. The van der Waals surface area contributed by atoms with Gasteiger partial charge in [0.25, 0.3) is 0 Å². The summed E-state index contributed by atoms with van der Waals surface area (Å²) in [5.41, 5.74) is 3.70. The summed E-state index contributed by atoms with van der Waals surface area (Å²) in [6.45, 7) is 6.09. The zero-order chi connectivity index (χ0) is 17.9. The van der Waals surface area contributed by atoms with Crippen molar-refractivity contribution in [2.24, 2.45) is 4.99 Å². The molecule has 0 radical (unpaired) electrons. The van der Waals surface area contributed by atoms with Crippen molar-refractivity contribution < 1.29 is 5.11 Å². The first-order chi connectivity index (χ1) is 12.2. The molecule has 2 aromatic rings. The molecular formula is C21H30IN3O. The molecule has 26 heavy (non-hydrogen) atoms. The predicted octanol–water partition coefficient (Wildman–Crippen LogP) is 3.53. The predicted molar refractivity (Wildman–Crippen MR) is 120 cm³/mol. The fraction of sp³-hybridized carbons (Fsp3) is 0.381. The summed E-state index contributed by atoms with van der Waals surface area (Å²) < 4.78 is 0. The molecule has 1 atom stereocenters. The fourth-order valence-electron chi connectivity index (χ4n) is 2.74. The van der Waals surface area contributed by atoms with Crippen LogP contribution in [0, 0.1) is 0 Å². The molecule has 2 aromatic carbocycles. The Labute approximate surface area is 174 Å². The van der Waals surface area contributed by atoms with Gasteiger partial charge in [-0.1, -0.05) is 61.5 Å². The van der Waals surface area contributed by atoms with Gasteiger partial charge in [-0.3, -0.25) is 0 Å². The maximum atomic E-state index is 10.2. The number of guanidine groups is 1. The highest BCUT2D eigenvalue weighted by atomic mass is 127. The number of aliphatic hydroxyl groups excluding tert-OH is 1. The Morgan fingerprint density at radius 1 is 0.962 bits per heavy atom. The fourth-order valence-corrected chi connectivity index (χ4v) is 2.74. The zero-order valence-electron chi connectivity index (χ0n) is 15.6. The van der Waals surface area contributed by atoms with Gasteiger partial charge in [0.2, 0.25) is 0 Å². The topological polar surface area (TPSA) is 56.7 Å². The normalized spacial score (nSPS) is 12.2. The highest BCUT2D eigenvalue weighted by molar-refractivity contribution is 14.0. The maximum Gasteiger partial charge on any atom is 0.191 e. The largest absolute Gasteiger partial charge is 0.391 e. The number of hydrogen-bond acceptors (Lipinski definition) is 2. The van der Waals surface area contributed by atoms with Gasteiger partial charge >= 0.3 is 0 Å². The van der Waals surface area contributed by atoms with Gasteiger partial charge in [-0.2, -0.15) is 0 Å². The maximum absolute atomic E-state index is 10.2. The molecular weight excluding hydrogens is 437 g/mol. The number of hydrogen-bond donors (Lipinski definition) is 3. The number of halogens is 1. The Hall–Kier alpha value is -1.60. The number of nitrogens with one attached hydrogen (secondary N) is 2. The van der Waals surface area contributed by atoms with Crippen LogP contribution in [0.1, 0.15) is 30.5 Å². The van der Waals surface area contributed by atoms with E-state index < -0.39 is 6.10 Å². The summed E-state index contributed by atoms with van der Waals surface area (Å²) in [5, 5.41) is 16.7. The van der Waals surface area contributed by atoms with Crippen LogP contribution in [0.15, 0.2) is 59.6 Å². The first-order valence-electron chi connectivity index (χ1n) is 9.03. The van der Waals surface area contributed by atoms with Crippen molar-refractivity contribution in [3.8, 4) is 0 Å². The third-order valence-electron chi connectivity index (χ3n) is 4.07. The molecule has 142 valence electrons. The van der Waals surface area contributed by atoms with E-state index in [0.29, 0.717) is 19.5 Å². The van der Waals surface area contributed by atoms with Gasteiger partial charge < -0.3 is 15.7 Å². The van der Waals surface area contributed by atoms with Crippen LogP contribution in [-0.4, -0.2) is 30.3 Å². The molecule has 0 amide bonds. The minimum atomic E-state index is -0.450. The minimum absolute atomic E-state index is 0. The Balaban J connectivity index is 0.00000338. The Kier molecular flexibility index (Phi) is 11.0. The van der Waals surface area contributed by atoms with E-state index in [2.05, 4.69) is 40.7 Å². The van der Waals surface area contributed by atoms with Gasteiger partial charge in [-0.05, 0) is 30.0 Å². The van der Waals surface area contributed by atoms with E-state index in [-0.39, 0.29) is 24.0 Å². The highest BCUT2D eigenvalue weighted by Crippen LogP contribution is 2.10. The lowest BCUT2D eigenvalue weighted by molar-refractivity contribution is 0.177. The Bertz CT molecular complexity index is 661. The lowest BCUT2D eigenvalue weighted by Gasteiger charge is -2.15. The van der Waals surface area contributed by atoms with Crippen molar-refractivity contribution in [3.63, 3.8) is 0 Å². The van der Waals surface area contributed by atoms with Crippen LogP contribution in [0.4, 0.5) is 0 Å². The molecule has 5 heteroatoms. The van der Waals surface area contributed by atoms with E-state index in [9.17, 15) is 5.11 Å². The molecule has 0 aliphatic heterocycles. The van der Waals surface area contributed by atoms with E-state index in [1.165, 1.54) is 11.1 Å². The van der Waals surface area contributed by atoms with Gasteiger partial charge in [-0.15, -0.1) is 24.0 Å². The molecule has 0 heterocycles. The average Bonchev–Trinajstić information content (AvgIpc) is 2.65. The van der Waals surface area contributed by atoms with Gasteiger partial charge in [0.1, 0.15) is 0 Å². The molecule has 1 unspecified atom stereocenters. The minimum Gasteiger partial charge on any atom is -0.391 e. The smallest absolute Gasteiger partial charge is 0.191 e. The van der Waals surface area contributed by atoms with Crippen LogP contribution in [0.3, 0.4) is 0 Å². The van der Waals surface area contributed by atoms with E-state index in [1.54, 1.807) is 0 Å². The quantitative estimate of drug-likeness (QED) is 0.317. The van der Waals surface area contributed by atoms with Gasteiger partial charge in [0.15, 0.2) is 5.96 Å². The number of benzene rings is 2. The second-order valence-corrected chi connectivity index (χ2v) is 6.04. The molecule has 4 nitrogen and oxygen atoms in total. The molecule has 2 rings (SSSR count). The van der Waals surface area contributed by atoms with Gasteiger partial charge in [0.05, 0.1) is 12.6 Å². The van der Waals surface area contributed by atoms with Gasteiger partial charge in [0, 0.05) is 19.5 Å². The molecule has 0 aliphatic carbocycles. The SMILES string of the molecule is CCNC(=NCc1ccccc1CC)NCC(O)Cc1ccccc1.I. The number of nitrogens with zero attached hydrogens (tertiary/aromatic N) is 1. The molecule has 0 aromatic heterocycles. The lowest BCUT2D eigenvalue weighted by Crippen LogP contribution is -2.41. The molecule has 0 saturated heterocycles. The third-order valence-corrected chi connectivity index (χ3v) is 4.07. The van der Waals surface area contributed by atoms with Crippen LogP contribution >= 0.6 is 24.0 Å². The van der Waals surface area contributed by atoms with Crippen molar-refractivity contribution in [2.45, 2.75) is 39.3 Å². The van der Waals surface area contributed by atoms with Crippen molar-refractivity contribution in [1.82, 2.24) is 10.6 Å². The lowest BCUT2D eigenvalue weighted by atomic mass is 10.1. The summed E-state index contributed by atoms with van der Waals surface area (Å²) in [6.07, 6.45) is 1.19. The first-order valence-corrected chi connectivity index (χ1v) is 9.03. The average molecular weight is 467 g/mol. The number of aryl methyl sites for hydroxylation is 1. The third kappa shape index (κ3) is 7.74. The second-order valence-electron chi connectivity index (χ2n) is 6.04. The van der Waals surface area contributed by atoms with E-state index in [0.717, 1.165) is 24.5 Å². The Morgan fingerprint density at radius 2 is 1.62 bits per heavy atom. The van der Waals surface area contributed by atoms with Crippen molar-refractivity contribution in [2.75, 3.05) is 13.1 Å². The van der Waals surface area contributed by atoms with E-state index in [1.807, 2.05) is 43.3 Å². The van der Waals surface area contributed by atoms with Crippen LogP contribution in [0.2, 0.25) is 0 Å². The molecule has 3 N–H and O–H groups in total. The summed E-state index contributed by atoms with van der Waals surface area (Å²) >= 11 is 0. The van der Waals surface area contributed by atoms with Crippen molar-refractivity contribution in [3.05, 3.63) is 71.3 Å². The monoisotopic (exact) mass is 467 g/mol. The zero-order valence-corrected chi connectivity index (χ0v) is 17.9. The Morgan fingerprint density at radius 3 is 2.27 bits per heavy atom. The molecule has 0 bridgehead atoms.